The highest BCUT2D eigenvalue weighted by atomic mass is 35.5. The Morgan fingerprint density at radius 1 is 1.13 bits per heavy atom. The summed E-state index contributed by atoms with van der Waals surface area (Å²) in [6, 6.07) is 9.54. The first-order chi connectivity index (χ1) is 11.0. The Bertz CT molecular complexity index is 1110. The number of pyridine rings is 1. The van der Waals surface area contributed by atoms with E-state index in [9.17, 15) is 4.79 Å². The summed E-state index contributed by atoms with van der Waals surface area (Å²) in [6.07, 6.45) is 0. The molecular formula is C17H11ClN2O2S. The van der Waals surface area contributed by atoms with Crippen LogP contribution in [0.5, 0.6) is 0 Å². The molecule has 0 spiro atoms. The second-order valence-electron chi connectivity index (χ2n) is 5.31. The van der Waals surface area contributed by atoms with Crippen LogP contribution < -0.4 is 5.63 Å². The van der Waals surface area contributed by atoms with Gasteiger partial charge in [0, 0.05) is 22.9 Å². The van der Waals surface area contributed by atoms with E-state index in [1.807, 2.05) is 37.3 Å². The van der Waals surface area contributed by atoms with Gasteiger partial charge in [0.2, 0.25) is 0 Å². The molecule has 114 valence electrons. The maximum absolute atomic E-state index is 12.0. The highest BCUT2D eigenvalue weighted by Gasteiger charge is 2.16. The summed E-state index contributed by atoms with van der Waals surface area (Å²) < 4.78 is 5.60. The Kier molecular flexibility index (Phi) is 3.21. The lowest BCUT2D eigenvalue weighted by Gasteiger charge is -2.04. The van der Waals surface area contributed by atoms with Gasteiger partial charge in [-0.2, -0.15) is 0 Å². The molecular weight excluding hydrogens is 332 g/mol. The maximum atomic E-state index is 12.0. The van der Waals surface area contributed by atoms with E-state index < -0.39 is 0 Å². The van der Waals surface area contributed by atoms with E-state index in [0.717, 1.165) is 27.0 Å². The molecule has 3 heterocycles. The fourth-order valence-corrected chi connectivity index (χ4v) is 3.83. The molecule has 23 heavy (non-hydrogen) atoms. The summed E-state index contributed by atoms with van der Waals surface area (Å²) in [4.78, 5) is 21.9. The Labute approximate surface area is 140 Å². The topological polar surface area (TPSA) is 56.0 Å². The zero-order valence-electron chi connectivity index (χ0n) is 12.4. The van der Waals surface area contributed by atoms with Crippen LogP contribution >= 0.6 is 22.9 Å². The summed E-state index contributed by atoms with van der Waals surface area (Å²) in [5.41, 5.74) is 3.17. The monoisotopic (exact) mass is 342 g/mol. The number of hydrogen-bond donors (Lipinski definition) is 0. The van der Waals surface area contributed by atoms with Crippen LogP contribution in [-0.2, 0) is 0 Å². The Balaban J connectivity index is 2.05. The lowest BCUT2D eigenvalue weighted by atomic mass is 10.1. The van der Waals surface area contributed by atoms with E-state index in [0.29, 0.717) is 21.1 Å². The number of rotatable bonds is 1. The Morgan fingerprint density at radius 2 is 1.87 bits per heavy atom. The molecule has 4 aromatic rings. The van der Waals surface area contributed by atoms with Gasteiger partial charge >= 0.3 is 5.63 Å². The zero-order valence-corrected chi connectivity index (χ0v) is 14.0. The smallest absolute Gasteiger partial charge is 0.357 e. The molecule has 0 unspecified atom stereocenters. The highest BCUT2D eigenvalue weighted by Crippen LogP contribution is 2.34. The number of hydrogen-bond acceptors (Lipinski definition) is 5. The predicted molar refractivity (Wildman–Crippen MR) is 93.4 cm³/mol. The van der Waals surface area contributed by atoms with Gasteiger partial charge in [-0.15, -0.1) is 11.3 Å². The standard InChI is InChI=1S/C17H11ClN2O2S/c1-8-7-12(10-3-5-11(18)6-4-10)20-16-13(8)14-15(23-16)17(21)22-9(2)19-14/h3-7H,1-2H3. The summed E-state index contributed by atoms with van der Waals surface area (Å²) in [7, 11) is 0. The fourth-order valence-electron chi connectivity index (χ4n) is 2.64. The van der Waals surface area contributed by atoms with Gasteiger partial charge in [-0.25, -0.2) is 14.8 Å². The summed E-state index contributed by atoms with van der Waals surface area (Å²) in [5, 5.41) is 1.60. The largest absolute Gasteiger partial charge is 0.408 e. The lowest BCUT2D eigenvalue weighted by molar-refractivity contribution is 0.468. The molecule has 0 fully saturated rings. The van der Waals surface area contributed by atoms with E-state index in [-0.39, 0.29) is 5.63 Å². The van der Waals surface area contributed by atoms with E-state index >= 15 is 0 Å². The van der Waals surface area contributed by atoms with E-state index in [1.54, 1.807) is 6.92 Å². The van der Waals surface area contributed by atoms with Crippen molar-refractivity contribution in [2.24, 2.45) is 0 Å². The summed E-state index contributed by atoms with van der Waals surface area (Å²) in [5.74, 6) is 0.364. The van der Waals surface area contributed by atoms with E-state index in [2.05, 4.69) is 4.98 Å². The number of benzene rings is 1. The molecule has 0 aliphatic heterocycles. The highest BCUT2D eigenvalue weighted by molar-refractivity contribution is 7.25. The molecule has 0 bridgehead atoms. The molecule has 0 aliphatic rings. The minimum absolute atomic E-state index is 0.358. The van der Waals surface area contributed by atoms with Crippen LogP contribution in [0.1, 0.15) is 11.5 Å². The first kappa shape index (κ1) is 14.4. The van der Waals surface area contributed by atoms with Crippen molar-refractivity contribution in [3.05, 3.63) is 57.2 Å². The maximum Gasteiger partial charge on any atom is 0.357 e. The SMILES string of the molecule is Cc1nc2c(sc3nc(-c4ccc(Cl)cc4)cc(C)c32)c(=O)o1. The Hall–Kier alpha value is -2.24. The quantitative estimate of drug-likeness (QED) is 0.501. The molecule has 4 nitrogen and oxygen atoms in total. The van der Waals surface area contributed by atoms with Crippen molar-refractivity contribution in [2.45, 2.75) is 13.8 Å². The van der Waals surface area contributed by atoms with Crippen LogP contribution in [0.2, 0.25) is 5.02 Å². The van der Waals surface area contributed by atoms with Gasteiger partial charge in [0.25, 0.3) is 0 Å². The first-order valence-electron chi connectivity index (χ1n) is 7.00. The second kappa shape index (κ2) is 5.15. The van der Waals surface area contributed by atoms with Crippen molar-refractivity contribution in [3.8, 4) is 11.3 Å². The van der Waals surface area contributed by atoms with Crippen LogP contribution in [0, 0.1) is 13.8 Å². The van der Waals surface area contributed by atoms with Crippen LogP contribution in [0.15, 0.2) is 39.5 Å². The van der Waals surface area contributed by atoms with Gasteiger partial charge in [0.1, 0.15) is 15.0 Å². The van der Waals surface area contributed by atoms with Gasteiger partial charge in [-0.05, 0) is 30.7 Å². The second-order valence-corrected chi connectivity index (χ2v) is 6.75. The van der Waals surface area contributed by atoms with Crippen molar-refractivity contribution in [2.75, 3.05) is 0 Å². The number of nitrogens with zero attached hydrogens (tertiary/aromatic N) is 2. The third-order valence-corrected chi connectivity index (χ3v) is 4.97. The van der Waals surface area contributed by atoms with Gasteiger partial charge in [-0.3, -0.25) is 0 Å². The summed E-state index contributed by atoms with van der Waals surface area (Å²) in [6.45, 7) is 3.68. The molecule has 0 N–H and O–H groups in total. The average molecular weight is 343 g/mol. The number of aromatic nitrogens is 2. The van der Waals surface area contributed by atoms with Crippen LogP contribution in [0.4, 0.5) is 0 Å². The fraction of sp³-hybridized carbons (Fsp3) is 0.118. The molecule has 0 radical (unpaired) electrons. The van der Waals surface area contributed by atoms with Crippen LogP contribution in [-0.4, -0.2) is 9.97 Å². The number of aryl methyl sites for hydroxylation is 2. The van der Waals surface area contributed by atoms with E-state index in [4.69, 9.17) is 21.0 Å². The van der Waals surface area contributed by atoms with Crippen LogP contribution in [0.3, 0.4) is 0 Å². The minimum Gasteiger partial charge on any atom is -0.408 e. The van der Waals surface area contributed by atoms with Crippen molar-refractivity contribution >= 4 is 43.4 Å². The average Bonchev–Trinajstić information content (AvgIpc) is 2.87. The van der Waals surface area contributed by atoms with Crippen molar-refractivity contribution in [1.82, 2.24) is 9.97 Å². The lowest BCUT2D eigenvalue weighted by Crippen LogP contribution is -1.99. The third-order valence-electron chi connectivity index (χ3n) is 3.67. The van der Waals surface area contributed by atoms with Gasteiger partial charge in [0.05, 0.1) is 5.69 Å². The molecule has 1 aromatic carbocycles. The van der Waals surface area contributed by atoms with Crippen LogP contribution in [0.25, 0.3) is 31.7 Å². The number of fused-ring (bicyclic) bond motifs is 3. The molecule has 3 aromatic heterocycles. The third kappa shape index (κ3) is 2.33. The molecule has 0 saturated heterocycles. The number of halogens is 1. The molecule has 0 amide bonds. The molecule has 0 aliphatic carbocycles. The summed E-state index contributed by atoms with van der Waals surface area (Å²) >= 11 is 7.26. The van der Waals surface area contributed by atoms with Gasteiger partial charge < -0.3 is 4.42 Å². The molecule has 4 rings (SSSR count). The molecule has 0 atom stereocenters. The van der Waals surface area contributed by atoms with Crippen molar-refractivity contribution in [1.29, 1.82) is 0 Å². The van der Waals surface area contributed by atoms with E-state index in [1.165, 1.54) is 11.3 Å². The van der Waals surface area contributed by atoms with Crippen molar-refractivity contribution in [3.63, 3.8) is 0 Å². The Morgan fingerprint density at radius 3 is 2.61 bits per heavy atom. The van der Waals surface area contributed by atoms with Gasteiger partial charge in [0.15, 0.2) is 5.89 Å². The minimum atomic E-state index is -0.358. The normalized spacial score (nSPS) is 11.4. The molecule has 6 heteroatoms. The number of thiophene rings is 1. The molecule has 0 saturated carbocycles. The first-order valence-corrected chi connectivity index (χ1v) is 8.20. The zero-order chi connectivity index (χ0) is 16.1. The van der Waals surface area contributed by atoms with Gasteiger partial charge in [-0.1, -0.05) is 23.7 Å². The predicted octanol–water partition coefficient (Wildman–Crippen LogP) is 4.73. The van der Waals surface area contributed by atoms with Crippen molar-refractivity contribution < 1.29 is 4.42 Å².